The summed E-state index contributed by atoms with van der Waals surface area (Å²) >= 11 is 3.16. The number of rotatable bonds is 5. The maximum atomic E-state index is 12.2. The number of nitrogens with one attached hydrogen (secondary N) is 1. The summed E-state index contributed by atoms with van der Waals surface area (Å²) in [6.07, 6.45) is 0. The van der Waals surface area contributed by atoms with Crippen LogP contribution in [-0.2, 0) is 21.5 Å². The maximum absolute atomic E-state index is 12.2. The third kappa shape index (κ3) is 4.68. The summed E-state index contributed by atoms with van der Waals surface area (Å²) in [5.41, 5.74) is 0. The van der Waals surface area contributed by atoms with E-state index in [0.29, 0.717) is 6.54 Å². The lowest BCUT2D eigenvalue weighted by Crippen LogP contribution is -2.18. The number of benzene rings is 1. The van der Waals surface area contributed by atoms with Crippen LogP contribution in [-0.4, -0.2) is 14.3 Å². The number of thiophene rings is 1. The standard InChI is InChI=1S/C13H12INO4S2/c1-9(16)15-8-12-5-6-13(20-12)21(17,18)19-11-4-2-3-10(14)7-11/h2-7H,8H2,1H3,(H,15,16). The Morgan fingerprint density at radius 1 is 1.33 bits per heavy atom. The molecule has 1 amide bonds. The average Bonchev–Trinajstić information content (AvgIpc) is 2.85. The molecule has 2 rings (SSSR count). The highest BCUT2D eigenvalue weighted by atomic mass is 127. The normalized spacial score (nSPS) is 11.1. The molecule has 0 fully saturated rings. The van der Waals surface area contributed by atoms with Gasteiger partial charge in [0.05, 0.1) is 6.54 Å². The number of carbonyl (C=O) groups is 1. The molecule has 0 aliphatic heterocycles. The summed E-state index contributed by atoms with van der Waals surface area (Å²) in [7, 11) is -3.85. The van der Waals surface area contributed by atoms with Gasteiger partial charge in [-0.05, 0) is 52.9 Å². The van der Waals surface area contributed by atoms with Crippen molar-refractivity contribution in [1.29, 1.82) is 0 Å². The fraction of sp³-hybridized carbons (Fsp3) is 0.154. The Morgan fingerprint density at radius 3 is 2.76 bits per heavy atom. The van der Waals surface area contributed by atoms with Crippen molar-refractivity contribution in [1.82, 2.24) is 5.32 Å². The smallest absolute Gasteiger partial charge is 0.348 e. The molecule has 0 saturated carbocycles. The molecular formula is C13H12INO4S2. The van der Waals surface area contributed by atoms with Crippen LogP contribution in [0, 0.1) is 3.57 Å². The predicted molar refractivity (Wildman–Crippen MR) is 88.8 cm³/mol. The minimum absolute atomic E-state index is 0.113. The maximum Gasteiger partial charge on any atom is 0.348 e. The molecule has 0 aliphatic carbocycles. The van der Waals surface area contributed by atoms with Crippen molar-refractivity contribution in [3.63, 3.8) is 0 Å². The topological polar surface area (TPSA) is 72.5 Å². The Kier molecular flexibility index (Phi) is 5.22. The molecule has 1 N–H and O–H groups in total. The van der Waals surface area contributed by atoms with Gasteiger partial charge in [-0.3, -0.25) is 4.79 Å². The molecule has 21 heavy (non-hydrogen) atoms. The Balaban J connectivity index is 2.14. The van der Waals surface area contributed by atoms with E-state index in [-0.39, 0.29) is 15.9 Å². The second-order valence-corrected chi connectivity index (χ2v) is 8.31. The van der Waals surface area contributed by atoms with Crippen LogP contribution in [0.15, 0.2) is 40.6 Å². The summed E-state index contributed by atoms with van der Waals surface area (Å²) in [4.78, 5) is 11.6. The van der Waals surface area contributed by atoms with E-state index in [1.807, 2.05) is 6.07 Å². The van der Waals surface area contributed by atoms with E-state index in [1.54, 1.807) is 24.3 Å². The second kappa shape index (κ2) is 6.75. The van der Waals surface area contributed by atoms with Crippen LogP contribution in [0.2, 0.25) is 0 Å². The molecule has 5 nitrogen and oxygen atoms in total. The zero-order valence-corrected chi connectivity index (χ0v) is 14.8. The minimum Gasteiger partial charge on any atom is -0.378 e. The zero-order valence-electron chi connectivity index (χ0n) is 11.0. The van der Waals surface area contributed by atoms with E-state index in [4.69, 9.17) is 4.18 Å². The van der Waals surface area contributed by atoms with Crippen LogP contribution in [0.1, 0.15) is 11.8 Å². The Bertz CT molecular complexity index is 755. The number of carbonyl (C=O) groups excluding carboxylic acids is 1. The molecule has 0 aliphatic rings. The van der Waals surface area contributed by atoms with Gasteiger partial charge < -0.3 is 9.50 Å². The van der Waals surface area contributed by atoms with Crippen LogP contribution in [0.25, 0.3) is 0 Å². The Morgan fingerprint density at radius 2 is 2.10 bits per heavy atom. The van der Waals surface area contributed by atoms with Crippen molar-refractivity contribution in [3.8, 4) is 5.75 Å². The van der Waals surface area contributed by atoms with Crippen molar-refractivity contribution in [3.05, 3.63) is 44.8 Å². The van der Waals surface area contributed by atoms with Crippen LogP contribution >= 0.6 is 33.9 Å². The molecule has 0 unspecified atom stereocenters. The Hall–Kier alpha value is -1.13. The first-order chi connectivity index (χ1) is 9.87. The van der Waals surface area contributed by atoms with Gasteiger partial charge >= 0.3 is 10.1 Å². The molecule has 8 heteroatoms. The summed E-state index contributed by atoms with van der Waals surface area (Å²) in [5.74, 6) is 0.113. The van der Waals surface area contributed by atoms with E-state index in [2.05, 4.69) is 27.9 Å². The SMILES string of the molecule is CC(=O)NCc1ccc(S(=O)(=O)Oc2cccc(I)c2)s1. The quantitative estimate of drug-likeness (QED) is 0.577. The molecular weight excluding hydrogens is 425 g/mol. The number of halogens is 1. The molecule has 1 heterocycles. The number of hydrogen-bond donors (Lipinski definition) is 1. The number of hydrogen-bond acceptors (Lipinski definition) is 5. The van der Waals surface area contributed by atoms with E-state index in [0.717, 1.165) is 19.8 Å². The third-order valence-corrected chi connectivity index (χ3v) is 5.85. The van der Waals surface area contributed by atoms with Gasteiger partial charge in [0.25, 0.3) is 0 Å². The monoisotopic (exact) mass is 437 g/mol. The van der Waals surface area contributed by atoms with Gasteiger partial charge in [0.15, 0.2) is 4.21 Å². The molecule has 0 radical (unpaired) electrons. The fourth-order valence-corrected chi connectivity index (χ4v) is 4.18. The van der Waals surface area contributed by atoms with Gasteiger partial charge in [-0.15, -0.1) is 11.3 Å². The lowest BCUT2D eigenvalue weighted by molar-refractivity contribution is -0.119. The first kappa shape index (κ1) is 16.2. The molecule has 1 aromatic carbocycles. The van der Waals surface area contributed by atoms with Crippen molar-refractivity contribution in [2.45, 2.75) is 17.7 Å². The highest BCUT2D eigenvalue weighted by Crippen LogP contribution is 2.26. The van der Waals surface area contributed by atoms with Crippen LogP contribution in [0.5, 0.6) is 5.75 Å². The molecule has 0 bridgehead atoms. The molecule has 2 aromatic rings. The summed E-state index contributed by atoms with van der Waals surface area (Å²) in [6, 6.07) is 9.94. The van der Waals surface area contributed by atoms with E-state index >= 15 is 0 Å². The summed E-state index contributed by atoms with van der Waals surface area (Å²) in [6.45, 7) is 1.71. The highest BCUT2D eigenvalue weighted by Gasteiger charge is 2.19. The first-order valence-corrected chi connectivity index (χ1v) is 9.20. The van der Waals surface area contributed by atoms with E-state index < -0.39 is 10.1 Å². The predicted octanol–water partition coefficient (Wildman–Crippen LogP) is 2.76. The van der Waals surface area contributed by atoms with Gasteiger partial charge in [-0.2, -0.15) is 8.42 Å². The summed E-state index contributed by atoms with van der Waals surface area (Å²) < 4.78 is 30.4. The second-order valence-electron chi connectivity index (χ2n) is 4.13. The third-order valence-electron chi connectivity index (χ3n) is 2.40. The van der Waals surface area contributed by atoms with Crippen LogP contribution < -0.4 is 9.50 Å². The highest BCUT2D eigenvalue weighted by molar-refractivity contribution is 14.1. The van der Waals surface area contributed by atoms with Gasteiger partial charge in [0, 0.05) is 15.4 Å². The Labute approximate surface area is 140 Å². The lowest BCUT2D eigenvalue weighted by Gasteiger charge is -2.05. The minimum atomic E-state index is -3.85. The van der Waals surface area contributed by atoms with E-state index in [9.17, 15) is 13.2 Å². The van der Waals surface area contributed by atoms with Crippen molar-refractivity contribution in [2.24, 2.45) is 0 Å². The molecule has 0 atom stereocenters. The largest absolute Gasteiger partial charge is 0.378 e. The first-order valence-electron chi connectivity index (χ1n) is 5.90. The van der Waals surface area contributed by atoms with Crippen molar-refractivity contribution >= 4 is 50.0 Å². The fourth-order valence-electron chi connectivity index (χ4n) is 1.49. The summed E-state index contributed by atoms with van der Waals surface area (Å²) in [5, 5.41) is 2.62. The molecule has 112 valence electrons. The molecule has 1 aromatic heterocycles. The van der Waals surface area contributed by atoms with Crippen molar-refractivity contribution in [2.75, 3.05) is 0 Å². The zero-order chi connectivity index (χ0) is 15.5. The van der Waals surface area contributed by atoms with Gasteiger partial charge in [-0.1, -0.05) is 6.07 Å². The number of amides is 1. The van der Waals surface area contributed by atoms with Crippen LogP contribution in [0.4, 0.5) is 0 Å². The van der Waals surface area contributed by atoms with Crippen molar-refractivity contribution < 1.29 is 17.4 Å². The van der Waals surface area contributed by atoms with Gasteiger partial charge in [0.2, 0.25) is 5.91 Å². The average molecular weight is 437 g/mol. The lowest BCUT2D eigenvalue weighted by atomic mass is 10.3. The van der Waals surface area contributed by atoms with Gasteiger partial charge in [-0.25, -0.2) is 0 Å². The van der Waals surface area contributed by atoms with E-state index in [1.165, 1.54) is 13.0 Å². The molecule has 0 spiro atoms. The molecule has 0 saturated heterocycles. The van der Waals surface area contributed by atoms with Crippen LogP contribution in [0.3, 0.4) is 0 Å². The van der Waals surface area contributed by atoms with Gasteiger partial charge in [0.1, 0.15) is 5.75 Å².